The van der Waals surface area contributed by atoms with Crippen molar-refractivity contribution in [1.29, 1.82) is 0 Å². The first-order valence-electron chi connectivity index (χ1n) is 9.43. The van der Waals surface area contributed by atoms with Gasteiger partial charge in [0.25, 0.3) is 0 Å². The second-order valence-corrected chi connectivity index (χ2v) is 7.47. The lowest BCUT2D eigenvalue weighted by atomic mass is 9.96. The van der Waals surface area contributed by atoms with Crippen LogP contribution in [0.4, 0.5) is 0 Å². The van der Waals surface area contributed by atoms with E-state index in [2.05, 4.69) is 48.2 Å². The molecule has 1 heterocycles. The summed E-state index contributed by atoms with van der Waals surface area (Å²) in [5, 5.41) is 0.754. The fraction of sp³-hybridized carbons (Fsp3) is 0.409. The van der Waals surface area contributed by atoms with Gasteiger partial charge in [0.1, 0.15) is 0 Å². The number of amides is 1. The largest absolute Gasteiger partial charge is 0.340 e. The maximum absolute atomic E-state index is 12.5. The molecule has 0 aromatic heterocycles. The van der Waals surface area contributed by atoms with Crippen LogP contribution in [0, 0.1) is 5.92 Å². The maximum atomic E-state index is 12.5. The van der Waals surface area contributed by atoms with Gasteiger partial charge in [0.05, 0.1) is 6.04 Å². The van der Waals surface area contributed by atoms with Crippen LogP contribution in [0.25, 0.3) is 0 Å². The minimum Gasteiger partial charge on any atom is -0.340 e. The van der Waals surface area contributed by atoms with E-state index in [4.69, 9.17) is 11.6 Å². The normalized spacial score (nSPS) is 17.7. The Morgan fingerprint density at radius 1 is 0.962 bits per heavy atom. The summed E-state index contributed by atoms with van der Waals surface area (Å²) in [6.45, 7) is 7.44. The van der Waals surface area contributed by atoms with Crippen molar-refractivity contribution < 1.29 is 4.79 Å². The van der Waals surface area contributed by atoms with Crippen LogP contribution in [0.15, 0.2) is 54.6 Å². The van der Waals surface area contributed by atoms with Crippen molar-refractivity contribution in [3.8, 4) is 0 Å². The average molecular weight is 371 g/mol. The SMILES string of the molecule is CC[C@@H](C)C(=O)N1CCN([C@H](c2ccccc2)c2ccc(Cl)cc2)CC1. The van der Waals surface area contributed by atoms with Crippen molar-refractivity contribution in [1.82, 2.24) is 9.80 Å². The van der Waals surface area contributed by atoms with Gasteiger partial charge in [-0.1, -0.05) is 67.9 Å². The van der Waals surface area contributed by atoms with Crippen LogP contribution in [0.2, 0.25) is 5.02 Å². The number of rotatable bonds is 5. The molecule has 26 heavy (non-hydrogen) atoms. The van der Waals surface area contributed by atoms with E-state index in [-0.39, 0.29) is 17.9 Å². The highest BCUT2D eigenvalue weighted by atomic mass is 35.5. The Balaban J connectivity index is 1.79. The van der Waals surface area contributed by atoms with Gasteiger partial charge in [0.15, 0.2) is 0 Å². The molecule has 0 bridgehead atoms. The third-order valence-electron chi connectivity index (χ3n) is 5.33. The molecule has 1 aliphatic rings. The summed E-state index contributed by atoms with van der Waals surface area (Å²) >= 11 is 6.09. The number of carbonyl (C=O) groups excluding carboxylic acids is 1. The van der Waals surface area contributed by atoms with E-state index in [9.17, 15) is 4.79 Å². The molecule has 138 valence electrons. The standard InChI is InChI=1S/C22H27ClN2O/c1-3-17(2)22(26)25-15-13-24(14-16-25)21(18-7-5-4-6-8-18)19-9-11-20(23)12-10-19/h4-12,17,21H,3,13-16H2,1-2H3/t17-,21-/m1/s1. The molecule has 4 heteroatoms. The average Bonchev–Trinajstić information content (AvgIpc) is 2.70. The van der Waals surface area contributed by atoms with Crippen molar-refractivity contribution in [2.24, 2.45) is 5.92 Å². The molecule has 0 radical (unpaired) electrons. The van der Waals surface area contributed by atoms with Crippen molar-refractivity contribution in [3.63, 3.8) is 0 Å². The number of benzene rings is 2. The molecule has 0 spiro atoms. The molecule has 1 fully saturated rings. The molecule has 0 N–H and O–H groups in total. The topological polar surface area (TPSA) is 23.6 Å². The van der Waals surface area contributed by atoms with Crippen LogP contribution in [0.1, 0.15) is 37.4 Å². The molecule has 2 aromatic carbocycles. The van der Waals surface area contributed by atoms with Gasteiger partial charge >= 0.3 is 0 Å². The summed E-state index contributed by atoms with van der Waals surface area (Å²) in [5.41, 5.74) is 2.51. The van der Waals surface area contributed by atoms with Gasteiger partial charge in [-0.3, -0.25) is 9.69 Å². The Kier molecular flexibility index (Phi) is 6.33. The smallest absolute Gasteiger partial charge is 0.225 e. The first kappa shape index (κ1) is 18.9. The molecule has 3 nitrogen and oxygen atoms in total. The van der Waals surface area contributed by atoms with Crippen LogP contribution in [0.5, 0.6) is 0 Å². The lowest BCUT2D eigenvalue weighted by molar-refractivity contribution is -0.137. The molecule has 0 aliphatic carbocycles. The lowest BCUT2D eigenvalue weighted by Crippen LogP contribution is -2.51. The number of hydrogen-bond acceptors (Lipinski definition) is 2. The van der Waals surface area contributed by atoms with E-state index in [1.807, 2.05) is 30.0 Å². The Morgan fingerprint density at radius 2 is 1.54 bits per heavy atom. The maximum Gasteiger partial charge on any atom is 0.225 e. The van der Waals surface area contributed by atoms with E-state index < -0.39 is 0 Å². The van der Waals surface area contributed by atoms with E-state index in [0.29, 0.717) is 0 Å². The predicted octanol–water partition coefficient (Wildman–Crippen LogP) is 4.62. The molecule has 0 unspecified atom stereocenters. The van der Waals surface area contributed by atoms with Crippen molar-refractivity contribution in [2.45, 2.75) is 26.3 Å². The number of halogens is 1. The summed E-state index contributed by atoms with van der Waals surface area (Å²) in [6, 6.07) is 18.9. The first-order chi connectivity index (χ1) is 12.6. The Labute approximate surface area is 161 Å². The summed E-state index contributed by atoms with van der Waals surface area (Å²) in [4.78, 5) is 17.0. The lowest BCUT2D eigenvalue weighted by Gasteiger charge is -2.40. The molecule has 1 saturated heterocycles. The zero-order chi connectivity index (χ0) is 18.5. The third-order valence-corrected chi connectivity index (χ3v) is 5.58. The van der Waals surface area contributed by atoms with Gasteiger partial charge < -0.3 is 4.90 Å². The first-order valence-corrected chi connectivity index (χ1v) is 9.81. The van der Waals surface area contributed by atoms with Crippen LogP contribution in [0.3, 0.4) is 0 Å². The number of piperazine rings is 1. The summed E-state index contributed by atoms with van der Waals surface area (Å²) < 4.78 is 0. The van der Waals surface area contributed by atoms with Gasteiger partial charge in [-0.15, -0.1) is 0 Å². The van der Waals surface area contributed by atoms with Gasteiger partial charge in [0, 0.05) is 37.1 Å². The fourth-order valence-electron chi connectivity index (χ4n) is 3.58. The molecule has 1 aliphatic heterocycles. The Hall–Kier alpha value is -1.84. The van der Waals surface area contributed by atoms with Gasteiger partial charge in [-0.05, 0) is 29.7 Å². The van der Waals surface area contributed by atoms with Crippen molar-refractivity contribution >= 4 is 17.5 Å². The van der Waals surface area contributed by atoms with Gasteiger partial charge in [0.2, 0.25) is 5.91 Å². The summed E-state index contributed by atoms with van der Waals surface area (Å²) in [5.74, 6) is 0.401. The predicted molar refractivity (Wildman–Crippen MR) is 107 cm³/mol. The molecule has 2 aromatic rings. The summed E-state index contributed by atoms with van der Waals surface area (Å²) in [6.07, 6.45) is 0.899. The van der Waals surface area contributed by atoms with E-state index in [1.165, 1.54) is 11.1 Å². The minimum atomic E-state index is 0.114. The molecule has 3 rings (SSSR count). The van der Waals surface area contributed by atoms with Crippen LogP contribution in [-0.2, 0) is 4.79 Å². The molecule has 1 amide bonds. The van der Waals surface area contributed by atoms with E-state index in [1.54, 1.807) is 0 Å². The Morgan fingerprint density at radius 3 is 2.12 bits per heavy atom. The second-order valence-electron chi connectivity index (χ2n) is 7.04. The van der Waals surface area contributed by atoms with E-state index >= 15 is 0 Å². The monoisotopic (exact) mass is 370 g/mol. The zero-order valence-electron chi connectivity index (χ0n) is 15.6. The van der Waals surface area contributed by atoms with Crippen molar-refractivity contribution in [3.05, 3.63) is 70.7 Å². The fourth-order valence-corrected chi connectivity index (χ4v) is 3.71. The Bertz CT molecular complexity index is 709. The highest BCUT2D eigenvalue weighted by Gasteiger charge is 2.29. The molecular weight excluding hydrogens is 344 g/mol. The summed E-state index contributed by atoms with van der Waals surface area (Å²) in [7, 11) is 0. The van der Waals surface area contributed by atoms with Crippen LogP contribution >= 0.6 is 11.6 Å². The number of hydrogen-bond donors (Lipinski definition) is 0. The van der Waals surface area contributed by atoms with Crippen molar-refractivity contribution in [2.75, 3.05) is 26.2 Å². The highest BCUT2D eigenvalue weighted by molar-refractivity contribution is 6.30. The number of carbonyl (C=O) groups is 1. The molecule has 2 atom stereocenters. The minimum absolute atomic E-state index is 0.114. The number of nitrogens with zero attached hydrogens (tertiary/aromatic N) is 2. The second kappa shape index (κ2) is 8.70. The van der Waals surface area contributed by atoms with Crippen LogP contribution in [-0.4, -0.2) is 41.9 Å². The highest BCUT2D eigenvalue weighted by Crippen LogP contribution is 2.30. The molecule has 0 saturated carbocycles. The van der Waals surface area contributed by atoms with E-state index in [0.717, 1.165) is 37.6 Å². The zero-order valence-corrected chi connectivity index (χ0v) is 16.3. The quantitative estimate of drug-likeness (QED) is 0.766. The van der Waals surface area contributed by atoms with Crippen LogP contribution < -0.4 is 0 Å². The molecular formula is C22H27ClN2O. The third kappa shape index (κ3) is 4.28. The van der Waals surface area contributed by atoms with Gasteiger partial charge in [-0.2, -0.15) is 0 Å². The van der Waals surface area contributed by atoms with Gasteiger partial charge in [-0.25, -0.2) is 0 Å².